The number of hydrogen-bond acceptors (Lipinski definition) is 8. The Morgan fingerprint density at radius 2 is 2.00 bits per heavy atom. The number of nitrogens with zero attached hydrogens (tertiary/aromatic N) is 1. The first-order valence-electron chi connectivity index (χ1n) is 6.53. The second-order valence-corrected chi connectivity index (χ2v) is 7.59. The second kappa shape index (κ2) is 10.4. The Labute approximate surface area is 190 Å². The van der Waals surface area contributed by atoms with Crippen LogP contribution in [-0.4, -0.2) is 24.4 Å². The third kappa shape index (κ3) is 6.33. The molecular formula is C13H15NNa2O6S2. The normalized spacial score (nSPS) is 19.1. The Morgan fingerprint density at radius 1 is 1.33 bits per heavy atom. The van der Waals surface area contributed by atoms with Gasteiger partial charge in [0.15, 0.2) is 0 Å². The van der Waals surface area contributed by atoms with Crippen molar-refractivity contribution in [2.24, 2.45) is 4.99 Å². The molecule has 1 unspecified atom stereocenters. The molecule has 1 aromatic rings. The van der Waals surface area contributed by atoms with Crippen molar-refractivity contribution in [2.45, 2.75) is 37.0 Å². The van der Waals surface area contributed by atoms with Crippen molar-refractivity contribution in [3.05, 3.63) is 23.8 Å². The SMILES string of the molecule is CC1=Nc2ccc(SOO[O-])cc2C1(C)CCCS(=O)(=O)[O-].[Na+].[Na+]. The Kier molecular flexibility index (Phi) is 10.8. The Morgan fingerprint density at radius 3 is 2.58 bits per heavy atom. The monoisotopic (exact) mass is 391 g/mol. The molecule has 0 aliphatic carbocycles. The average Bonchev–Trinajstić information content (AvgIpc) is 2.67. The average molecular weight is 391 g/mol. The van der Waals surface area contributed by atoms with E-state index in [1.165, 1.54) is 0 Å². The summed E-state index contributed by atoms with van der Waals surface area (Å²) in [6.45, 7) is 3.82. The van der Waals surface area contributed by atoms with Gasteiger partial charge >= 0.3 is 59.1 Å². The Balaban J connectivity index is 0.00000264. The maximum absolute atomic E-state index is 10.8. The quantitative estimate of drug-likeness (QED) is 0.152. The zero-order valence-electron chi connectivity index (χ0n) is 14.1. The van der Waals surface area contributed by atoms with Crippen molar-refractivity contribution in [1.82, 2.24) is 0 Å². The van der Waals surface area contributed by atoms with Gasteiger partial charge in [-0.15, -0.1) is 0 Å². The summed E-state index contributed by atoms with van der Waals surface area (Å²) in [5.74, 6) is -0.396. The minimum absolute atomic E-state index is 0. The Bertz CT molecular complexity index is 698. The summed E-state index contributed by atoms with van der Waals surface area (Å²) >= 11 is 0.785. The first-order chi connectivity index (χ1) is 10.3. The van der Waals surface area contributed by atoms with Crippen LogP contribution in [0.4, 0.5) is 5.69 Å². The first kappa shape index (κ1) is 25.0. The zero-order chi connectivity index (χ0) is 16.4. The van der Waals surface area contributed by atoms with Crippen LogP contribution in [0.25, 0.3) is 0 Å². The van der Waals surface area contributed by atoms with Crippen LogP contribution in [0.5, 0.6) is 0 Å². The summed E-state index contributed by atoms with van der Waals surface area (Å²) in [6.07, 6.45) is 0.746. The van der Waals surface area contributed by atoms with Gasteiger partial charge < -0.3 is 9.81 Å². The number of rotatable bonds is 7. The van der Waals surface area contributed by atoms with Gasteiger partial charge in [-0.1, -0.05) is 6.92 Å². The van der Waals surface area contributed by atoms with E-state index in [-0.39, 0.29) is 65.5 Å². The fourth-order valence-corrected chi connectivity index (χ4v) is 3.47. The fourth-order valence-electron chi connectivity index (χ4n) is 2.58. The molecule has 1 aliphatic rings. The molecule has 1 heterocycles. The van der Waals surface area contributed by atoms with E-state index in [9.17, 15) is 18.2 Å². The Hall–Kier alpha value is 1.03. The van der Waals surface area contributed by atoms with Crippen LogP contribution in [-0.2, 0) is 24.9 Å². The molecule has 2 rings (SSSR count). The number of fused-ring (bicyclic) bond motifs is 1. The van der Waals surface area contributed by atoms with E-state index in [0.717, 1.165) is 29.0 Å². The molecule has 0 amide bonds. The van der Waals surface area contributed by atoms with Gasteiger partial charge in [0.05, 0.1) is 27.8 Å². The predicted molar refractivity (Wildman–Crippen MR) is 78.4 cm³/mol. The molecule has 0 aromatic heterocycles. The molecule has 11 heteroatoms. The van der Waals surface area contributed by atoms with E-state index in [0.29, 0.717) is 11.3 Å². The van der Waals surface area contributed by atoms with Gasteiger partial charge in [0, 0.05) is 21.8 Å². The minimum atomic E-state index is -4.22. The predicted octanol–water partition coefficient (Wildman–Crippen LogP) is -4.39. The molecule has 0 fully saturated rings. The molecule has 1 aromatic carbocycles. The molecule has 7 nitrogen and oxygen atoms in total. The van der Waals surface area contributed by atoms with Crippen LogP contribution in [0.15, 0.2) is 28.1 Å². The van der Waals surface area contributed by atoms with Gasteiger partial charge in [-0.25, -0.2) is 8.42 Å². The standard InChI is InChI=1S/C13H17NO6S2.2Na/c1-9-13(2,6-3-7-22(16,17)18)11-8-10(21-20-19-15)4-5-12(11)14-9;;/h4-5,8,15H,3,6-7H2,1-2H3,(H,16,17,18);;/q;2*+1/p-2. The van der Waals surface area contributed by atoms with Gasteiger partial charge in [0.2, 0.25) is 0 Å². The van der Waals surface area contributed by atoms with Gasteiger partial charge in [-0.2, -0.15) is 4.33 Å². The van der Waals surface area contributed by atoms with E-state index in [1.807, 2.05) is 19.9 Å². The van der Waals surface area contributed by atoms with Crippen LogP contribution >= 0.6 is 12.0 Å². The summed E-state index contributed by atoms with van der Waals surface area (Å²) < 4.78 is 36.6. The van der Waals surface area contributed by atoms with Gasteiger partial charge in [-0.05, 0) is 43.5 Å². The smallest absolute Gasteiger partial charge is 0.748 e. The van der Waals surface area contributed by atoms with E-state index in [4.69, 9.17) is 0 Å². The van der Waals surface area contributed by atoms with Crippen LogP contribution in [0.2, 0.25) is 0 Å². The maximum atomic E-state index is 10.8. The molecule has 1 atom stereocenters. The van der Waals surface area contributed by atoms with Gasteiger partial charge in [0.25, 0.3) is 0 Å². The maximum Gasteiger partial charge on any atom is 1.00 e. The summed E-state index contributed by atoms with van der Waals surface area (Å²) in [4.78, 5) is 5.16. The summed E-state index contributed by atoms with van der Waals surface area (Å²) in [6, 6.07) is 5.36. The minimum Gasteiger partial charge on any atom is -0.748 e. The van der Waals surface area contributed by atoms with Crippen molar-refractivity contribution in [2.75, 3.05) is 5.75 Å². The molecule has 0 saturated carbocycles. The van der Waals surface area contributed by atoms with Crippen molar-refractivity contribution in [3.8, 4) is 0 Å². The van der Waals surface area contributed by atoms with E-state index >= 15 is 0 Å². The van der Waals surface area contributed by atoms with E-state index < -0.39 is 21.3 Å². The van der Waals surface area contributed by atoms with Crippen molar-refractivity contribution >= 4 is 33.6 Å². The van der Waals surface area contributed by atoms with Crippen molar-refractivity contribution < 1.29 is 86.7 Å². The summed E-state index contributed by atoms with van der Waals surface area (Å²) in [5, 5.41) is 13.2. The summed E-state index contributed by atoms with van der Waals surface area (Å²) in [5.41, 5.74) is 2.11. The van der Waals surface area contributed by atoms with E-state index in [1.54, 1.807) is 12.1 Å². The number of benzene rings is 1. The molecule has 1 aliphatic heterocycles. The van der Waals surface area contributed by atoms with Crippen LogP contribution in [0.3, 0.4) is 0 Å². The molecular weight excluding hydrogens is 376 g/mol. The van der Waals surface area contributed by atoms with Gasteiger partial charge in [0.1, 0.15) is 0 Å². The number of hydrogen-bond donors (Lipinski definition) is 0. The molecule has 0 bridgehead atoms. The molecule has 122 valence electrons. The number of aliphatic imine (C=N–C) groups is 1. The molecule has 0 radical (unpaired) electrons. The third-order valence-corrected chi connectivity index (χ3v) is 5.24. The van der Waals surface area contributed by atoms with Crippen LogP contribution in [0, 0.1) is 0 Å². The van der Waals surface area contributed by atoms with Gasteiger partial charge in [-0.3, -0.25) is 10.0 Å². The topological polar surface area (TPSA) is 111 Å². The fraction of sp³-hybridized carbons (Fsp3) is 0.462. The second-order valence-electron chi connectivity index (χ2n) is 5.29. The molecule has 24 heavy (non-hydrogen) atoms. The zero-order valence-corrected chi connectivity index (χ0v) is 19.7. The van der Waals surface area contributed by atoms with E-state index in [2.05, 4.69) is 14.4 Å². The van der Waals surface area contributed by atoms with Crippen LogP contribution in [0.1, 0.15) is 32.3 Å². The first-order valence-corrected chi connectivity index (χ1v) is 8.85. The summed E-state index contributed by atoms with van der Waals surface area (Å²) in [7, 11) is -4.22. The molecule has 0 saturated heterocycles. The molecule has 0 N–H and O–H groups in total. The third-order valence-electron chi connectivity index (χ3n) is 3.88. The van der Waals surface area contributed by atoms with Crippen molar-refractivity contribution in [3.63, 3.8) is 0 Å². The largest absolute Gasteiger partial charge is 1.00 e. The van der Waals surface area contributed by atoms with Crippen molar-refractivity contribution in [1.29, 1.82) is 0 Å². The van der Waals surface area contributed by atoms with Crippen LogP contribution < -0.4 is 64.4 Å². The molecule has 0 spiro atoms.